The van der Waals surface area contributed by atoms with Gasteiger partial charge in [0, 0.05) is 0 Å². The second-order valence-electron chi connectivity index (χ2n) is 13.3. The molecule has 0 aliphatic carbocycles. The number of esters is 3. The van der Waals surface area contributed by atoms with E-state index in [-0.39, 0.29) is 50.1 Å². The third-order valence-corrected chi connectivity index (χ3v) is 9.24. The van der Waals surface area contributed by atoms with E-state index in [4.69, 9.17) is 23.7 Å². The zero-order valence-corrected chi connectivity index (χ0v) is 32.5. The third-order valence-electron chi connectivity index (χ3n) is 9.24. The molecule has 9 nitrogen and oxygen atoms in total. The van der Waals surface area contributed by atoms with Crippen molar-refractivity contribution in [2.24, 2.45) is 17.8 Å². The summed E-state index contributed by atoms with van der Waals surface area (Å²) in [7, 11) is 0. The Morgan fingerprint density at radius 3 is 1.25 bits per heavy atom. The van der Waals surface area contributed by atoms with Crippen LogP contribution in [0.15, 0.2) is 48.5 Å². The van der Waals surface area contributed by atoms with Crippen molar-refractivity contribution < 1.29 is 91.1 Å². The van der Waals surface area contributed by atoms with Crippen LogP contribution in [0, 0.1) is 46.8 Å². The Bertz CT molecular complexity index is 1860. The predicted octanol–water partition coefficient (Wildman–Crippen LogP) is 9.36. The average molecular weight is 875 g/mol. The summed E-state index contributed by atoms with van der Waals surface area (Å²) in [6, 6.07) is 6.14. The van der Waals surface area contributed by atoms with Gasteiger partial charge in [0.2, 0.25) is 34.5 Å². The first-order chi connectivity index (χ1) is 28.1. The number of carbonyl (C=O) groups excluding carboxylic acids is 3. The van der Waals surface area contributed by atoms with Gasteiger partial charge >= 0.3 is 30.3 Å². The monoisotopic (exact) mass is 874 g/mol. The highest BCUT2D eigenvalue weighted by atomic mass is 19.4. The topological polar surface area (TPSA) is 107 Å². The minimum absolute atomic E-state index is 0.0644. The lowest BCUT2D eigenvalue weighted by molar-refractivity contribution is -0.288. The van der Waals surface area contributed by atoms with Gasteiger partial charge in [0.05, 0.1) is 17.8 Å². The highest BCUT2D eigenvalue weighted by Crippen LogP contribution is 2.56. The summed E-state index contributed by atoms with van der Waals surface area (Å²) in [5.74, 6) is -17.4. The van der Waals surface area contributed by atoms with E-state index in [0.29, 0.717) is 30.7 Å². The van der Waals surface area contributed by atoms with Gasteiger partial charge in [-0.3, -0.25) is 14.4 Å². The Labute approximate surface area is 337 Å². The molecule has 0 heterocycles. The van der Waals surface area contributed by atoms with Crippen LogP contribution in [0.25, 0.3) is 0 Å². The summed E-state index contributed by atoms with van der Waals surface area (Å²) in [4.78, 5) is 36.9. The Morgan fingerprint density at radius 1 is 0.500 bits per heavy atom. The minimum atomic E-state index is -5.87. The van der Waals surface area contributed by atoms with Crippen molar-refractivity contribution in [3.63, 3.8) is 0 Å². The Balaban J connectivity index is 1.55. The predicted molar refractivity (Wildman–Crippen MR) is 188 cm³/mol. The lowest BCUT2D eigenvalue weighted by Crippen LogP contribution is -2.54. The van der Waals surface area contributed by atoms with E-state index in [2.05, 4.69) is 4.74 Å². The Hall–Kier alpha value is -5.30. The first kappa shape index (κ1) is 49.1. The number of carbonyl (C=O) groups is 3. The fourth-order valence-corrected chi connectivity index (χ4v) is 5.71. The van der Waals surface area contributed by atoms with Gasteiger partial charge in [-0.2, -0.15) is 35.1 Å². The number of halogens is 11. The van der Waals surface area contributed by atoms with Crippen molar-refractivity contribution in [2.75, 3.05) is 39.6 Å². The zero-order valence-electron chi connectivity index (χ0n) is 32.5. The molecule has 3 unspecified atom stereocenters. The van der Waals surface area contributed by atoms with Gasteiger partial charge in [-0.15, -0.1) is 0 Å². The van der Waals surface area contributed by atoms with Crippen LogP contribution in [0.5, 0.6) is 17.2 Å². The summed E-state index contributed by atoms with van der Waals surface area (Å²) in [6.45, 7) is 3.80. The molecule has 332 valence electrons. The first-order valence-corrected chi connectivity index (χ1v) is 18.4. The molecule has 3 atom stereocenters. The van der Waals surface area contributed by atoms with Crippen LogP contribution in [0.3, 0.4) is 0 Å². The molecule has 0 fully saturated rings. The number of alkyl halides is 6. The molecule has 0 aromatic heterocycles. The first-order valence-electron chi connectivity index (χ1n) is 18.4. The van der Waals surface area contributed by atoms with E-state index >= 15 is 0 Å². The molecule has 0 aliphatic rings. The largest absolute Gasteiger partial charge is 0.490 e. The lowest BCUT2D eigenvalue weighted by Gasteiger charge is -2.38. The van der Waals surface area contributed by atoms with Crippen LogP contribution in [0.2, 0.25) is 0 Å². The molecule has 0 spiro atoms. The maximum atomic E-state index is 14.6. The van der Waals surface area contributed by atoms with Gasteiger partial charge in [0.15, 0.2) is 5.75 Å². The van der Waals surface area contributed by atoms with E-state index < -0.39 is 113 Å². The van der Waals surface area contributed by atoms with Crippen LogP contribution >= 0.6 is 0 Å². The molecule has 20 heteroatoms. The van der Waals surface area contributed by atoms with Crippen LogP contribution in [-0.4, -0.2) is 69.9 Å². The number of hydrogen-bond acceptors (Lipinski definition) is 9. The quantitative estimate of drug-likeness (QED) is 0.0259. The van der Waals surface area contributed by atoms with E-state index in [9.17, 15) is 62.7 Å². The molecular formula is C40H41F11O9. The standard InChI is InChI=1S/C40H41F11O9/c1-5-22(3)35(52)58-18-15-55-27-11-7-25(8-12-27)38(39(46,47)48,40(49,50)51)26-9-13-28(14-10-26)56-16-19-60-37(54)24(6-2)21-23(4)36(53)59-20-17-57-34-32(44)30(42)29(41)31(43)33(34)45/h7-14,22-24H,5-6,15-21H2,1-4H3. The van der Waals surface area contributed by atoms with Crippen molar-refractivity contribution in [2.45, 2.75) is 64.7 Å². The van der Waals surface area contributed by atoms with Gasteiger partial charge in [0.1, 0.15) is 51.1 Å². The van der Waals surface area contributed by atoms with Gasteiger partial charge in [-0.25, -0.2) is 13.2 Å². The van der Waals surface area contributed by atoms with Crippen molar-refractivity contribution in [1.82, 2.24) is 0 Å². The number of ether oxygens (including phenoxy) is 6. The SMILES string of the molecule is CCC(C)C(=O)OCCOc1ccc(C(c2ccc(OCCOC(=O)C(CC)CC(C)C(=O)OCCOc3c(F)c(F)c(F)c(F)c3F)cc2)(C(F)(F)F)C(F)(F)F)cc1. The molecule has 3 aromatic carbocycles. The average Bonchev–Trinajstić information content (AvgIpc) is 3.20. The third kappa shape index (κ3) is 11.7. The molecule has 0 radical (unpaired) electrons. The van der Waals surface area contributed by atoms with Crippen molar-refractivity contribution in [1.29, 1.82) is 0 Å². The van der Waals surface area contributed by atoms with Gasteiger partial charge < -0.3 is 28.4 Å². The molecule has 0 amide bonds. The summed E-state index contributed by atoms with van der Waals surface area (Å²) < 4.78 is 185. The summed E-state index contributed by atoms with van der Waals surface area (Å²) in [5, 5.41) is 0. The van der Waals surface area contributed by atoms with Crippen LogP contribution in [0.4, 0.5) is 48.3 Å². The van der Waals surface area contributed by atoms with Gasteiger partial charge in [-0.1, -0.05) is 52.0 Å². The van der Waals surface area contributed by atoms with E-state index in [1.165, 1.54) is 6.92 Å². The molecule has 60 heavy (non-hydrogen) atoms. The molecule has 0 bridgehead atoms. The number of hydrogen-bond donors (Lipinski definition) is 0. The Kier molecular flexibility index (Phi) is 17.4. The van der Waals surface area contributed by atoms with Gasteiger partial charge in [-0.05, 0) is 54.7 Å². The van der Waals surface area contributed by atoms with Crippen LogP contribution in [0.1, 0.15) is 58.1 Å². The fraction of sp³-hybridized carbons (Fsp3) is 0.475. The summed E-state index contributed by atoms with van der Waals surface area (Å²) in [6.07, 6.45) is -11.1. The van der Waals surface area contributed by atoms with Crippen LogP contribution in [-0.2, 0) is 34.0 Å². The zero-order chi connectivity index (χ0) is 45.0. The number of benzene rings is 3. The second kappa shape index (κ2) is 21.3. The fourth-order valence-electron chi connectivity index (χ4n) is 5.71. The molecule has 0 saturated heterocycles. The second-order valence-corrected chi connectivity index (χ2v) is 13.3. The normalized spacial score (nSPS) is 13.5. The minimum Gasteiger partial charge on any atom is -0.490 e. The smallest absolute Gasteiger partial charge is 0.411 e. The highest BCUT2D eigenvalue weighted by Gasteiger charge is 2.72. The van der Waals surface area contributed by atoms with Crippen molar-refractivity contribution >= 4 is 17.9 Å². The molecule has 3 rings (SSSR count). The Morgan fingerprint density at radius 2 is 0.867 bits per heavy atom. The van der Waals surface area contributed by atoms with Crippen molar-refractivity contribution in [3.8, 4) is 17.2 Å². The van der Waals surface area contributed by atoms with E-state index in [1.54, 1.807) is 20.8 Å². The lowest BCUT2D eigenvalue weighted by atomic mass is 9.73. The molecule has 3 aromatic rings. The van der Waals surface area contributed by atoms with Crippen molar-refractivity contribution in [3.05, 3.63) is 88.7 Å². The summed E-state index contributed by atoms with van der Waals surface area (Å²) >= 11 is 0. The molecule has 0 N–H and O–H groups in total. The molecule has 0 saturated carbocycles. The summed E-state index contributed by atoms with van der Waals surface area (Å²) in [5.41, 5.74) is -6.78. The van der Waals surface area contributed by atoms with Gasteiger partial charge in [0.25, 0.3) is 0 Å². The van der Waals surface area contributed by atoms with Crippen LogP contribution < -0.4 is 14.2 Å². The van der Waals surface area contributed by atoms with E-state index in [0.717, 1.165) is 24.3 Å². The molecule has 0 aliphatic heterocycles. The van der Waals surface area contributed by atoms with E-state index in [1.807, 2.05) is 0 Å². The maximum Gasteiger partial charge on any atom is 0.411 e. The number of rotatable bonds is 21. The molecular weight excluding hydrogens is 833 g/mol. The maximum absolute atomic E-state index is 14.6. The highest BCUT2D eigenvalue weighted by molar-refractivity contribution is 5.76.